The number of likely N-dealkylation sites (tertiary alicyclic amines) is 1. The number of aliphatic carboxylic acids is 1. The van der Waals surface area contributed by atoms with Crippen LogP contribution in [0.15, 0.2) is 24.3 Å². The molecule has 106 valence electrons. The van der Waals surface area contributed by atoms with Crippen LogP contribution in [0.2, 0.25) is 0 Å². The molecule has 5 nitrogen and oxygen atoms in total. The van der Waals surface area contributed by atoms with Crippen molar-refractivity contribution in [2.45, 2.75) is 31.7 Å². The Bertz CT molecular complexity index is 575. The van der Waals surface area contributed by atoms with Gasteiger partial charge in [-0.3, -0.25) is 9.69 Å². The van der Waals surface area contributed by atoms with Gasteiger partial charge < -0.3 is 10.1 Å². The van der Waals surface area contributed by atoms with Crippen molar-refractivity contribution < 1.29 is 9.90 Å². The third kappa shape index (κ3) is 2.67. The average molecular weight is 273 g/mol. The summed E-state index contributed by atoms with van der Waals surface area (Å²) in [5.41, 5.74) is 2.03. The van der Waals surface area contributed by atoms with Gasteiger partial charge in [0.25, 0.3) is 0 Å². The molecule has 5 heteroatoms. The van der Waals surface area contributed by atoms with Gasteiger partial charge in [-0.05, 0) is 31.5 Å². The van der Waals surface area contributed by atoms with Crippen LogP contribution in [0, 0.1) is 0 Å². The molecule has 0 bridgehead atoms. The van der Waals surface area contributed by atoms with Crippen molar-refractivity contribution >= 4 is 17.0 Å². The maximum absolute atomic E-state index is 10.8. The number of carboxylic acids is 1. The number of nitrogens with zero attached hydrogens (tertiary/aromatic N) is 2. The zero-order valence-corrected chi connectivity index (χ0v) is 11.4. The van der Waals surface area contributed by atoms with Crippen LogP contribution in [0.25, 0.3) is 11.0 Å². The first-order valence-corrected chi connectivity index (χ1v) is 7.14. The van der Waals surface area contributed by atoms with Gasteiger partial charge in [-0.15, -0.1) is 0 Å². The van der Waals surface area contributed by atoms with Crippen molar-refractivity contribution in [2.24, 2.45) is 0 Å². The number of para-hydroxylation sites is 2. The molecule has 2 heterocycles. The first-order valence-electron chi connectivity index (χ1n) is 7.14. The largest absolute Gasteiger partial charge is 0.481 e. The molecule has 2 aromatic rings. The minimum absolute atomic E-state index is 0.191. The lowest BCUT2D eigenvalue weighted by Crippen LogP contribution is -2.35. The van der Waals surface area contributed by atoms with Crippen LogP contribution in [-0.4, -0.2) is 39.0 Å². The number of aromatic amines is 1. The second-order valence-electron chi connectivity index (χ2n) is 5.33. The van der Waals surface area contributed by atoms with E-state index in [1.807, 2.05) is 24.3 Å². The molecular formula is C15H19N3O2. The van der Waals surface area contributed by atoms with Crippen molar-refractivity contribution in [1.29, 1.82) is 0 Å². The molecule has 20 heavy (non-hydrogen) atoms. The molecule has 1 saturated heterocycles. The molecule has 1 aliphatic heterocycles. The Kier molecular flexibility index (Phi) is 3.69. The summed E-state index contributed by atoms with van der Waals surface area (Å²) in [4.78, 5) is 21.1. The molecule has 3 rings (SSSR count). The van der Waals surface area contributed by atoms with Crippen LogP contribution in [-0.2, 0) is 4.79 Å². The lowest BCUT2D eigenvalue weighted by Gasteiger charge is -2.34. The number of carbonyl (C=O) groups is 1. The lowest BCUT2D eigenvalue weighted by molar-refractivity contribution is -0.137. The predicted molar refractivity (Wildman–Crippen MR) is 76.5 cm³/mol. The molecule has 1 aliphatic rings. The number of benzene rings is 1. The van der Waals surface area contributed by atoms with Gasteiger partial charge in [0.15, 0.2) is 0 Å². The third-order valence-electron chi connectivity index (χ3n) is 3.95. The number of aromatic nitrogens is 2. The summed E-state index contributed by atoms with van der Waals surface area (Å²) >= 11 is 0. The highest BCUT2D eigenvalue weighted by molar-refractivity contribution is 5.74. The number of piperidine rings is 1. The fourth-order valence-electron chi connectivity index (χ4n) is 2.94. The third-order valence-corrected chi connectivity index (χ3v) is 3.95. The minimum Gasteiger partial charge on any atom is -0.481 e. The van der Waals surface area contributed by atoms with E-state index in [1.165, 1.54) is 6.42 Å². The molecule has 1 unspecified atom stereocenters. The molecule has 0 saturated carbocycles. The van der Waals surface area contributed by atoms with Gasteiger partial charge in [-0.2, -0.15) is 0 Å². The van der Waals surface area contributed by atoms with Crippen LogP contribution in [0.5, 0.6) is 0 Å². The van der Waals surface area contributed by atoms with E-state index < -0.39 is 5.97 Å². The van der Waals surface area contributed by atoms with Crippen molar-refractivity contribution in [3.63, 3.8) is 0 Å². The fraction of sp³-hybridized carbons (Fsp3) is 0.467. The first kappa shape index (κ1) is 13.1. The molecule has 0 aliphatic carbocycles. The van der Waals surface area contributed by atoms with Gasteiger partial charge in [-0.25, -0.2) is 4.98 Å². The highest BCUT2D eigenvalue weighted by atomic mass is 16.4. The van der Waals surface area contributed by atoms with E-state index >= 15 is 0 Å². The van der Waals surface area contributed by atoms with E-state index in [1.54, 1.807) is 0 Å². The van der Waals surface area contributed by atoms with E-state index in [4.69, 9.17) is 5.11 Å². The number of hydrogen-bond donors (Lipinski definition) is 2. The van der Waals surface area contributed by atoms with Crippen LogP contribution in [0.1, 0.15) is 37.5 Å². The van der Waals surface area contributed by atoms with E-state index in [-0.39, 0.29) is 12.5 Å². The van der Waals surface area contributed by atoms with Crippen LogP contribution in [0.3, 0.4) is 0 Å². The number of H-pyrrole nitrogens is 1. The predicted octanol–water partition coefficient (Wildman–Crippen LogP) is 2.56. The van der Waals surface area contributed by atoms with Gasteiger partial charge in [-0.1, -0.05) is 18.6 Å². The van der Waals surface area contributed by atoms with Gasteiger partial charge in [0, 0.05) is 6.54 Å². The molecule has 1 fully saturated rings. The van der Waals surface area contributed by atoms with E-state index in [0.717, 1.165) is 36.2 Å². The number of imidazole rings is 1. The van der Waals surface area contributed by atoms with Gasteiger partial charge in [0.05, 0.1) is 23.5 Å². The molecule has 0 spiro atoms. The Morgan fingerprint density at radius 1 is 1.40 bits per heavy atom. The van der Waals surface area contributed by atoms with Gasteiger partial charge in [0.1, 0.15) is 5.82 Å². The maximum atomic E-state index is 10.8. The number of fused-ring (bicyclic) bond motifs is 1. The molecule has 0 amide bonds. The normalized spacial score (nSPS) is 20.3. The Balaban J connectivity index is 1.83. The van der Waals surface area contributed by atoms with E-state index in [2.05, 4.69) is 14.9 Å². The highest BCUT2D eigenvalue weighted by Crippen LogP contribution is 2.30. The molecule has 2 N–H and O–H groups in total. The Morgan fingerprint density at radius 3 is 3.05 bits per heavy atom. The summed E-state index contributed by atoms with van der Waals surface area (Å²) in [6.45, 7) is 1.55. The summed E-state index contributed by atoms with van der Waals surface area (Å²) in [5, 5.41) is 8.87. The maximum Gasteiger partial charge on any atom is 0.304 e. The summed E-state index contributed by atoms with van der Waals surface area (Å²) in [6, 6.07) is 8.22. The summed E-state index contributed by atoms with van der Waals surface area (Å²) < 4.78 is 0. The van der Waals surface area contributed by atoms with Gasteiger partial charge in [0.2, 0.25) is 0 Å². The molecular weight excluding hydrogens is 254 g/mol. The monoisotopic (exact) mass is 273 g/mol. The van der Waals surface area contributed by atoms with Gasteiger partial charge >= 0.3 is 5.97 Å². The topological polar surface area (TPSA) is 69.2 Å². The quantitative estimate of drug-likeness (QED) is 0.898. The average Bonchev–Trinajstić information content (AvgIpc) is 2.89. The zero-order valence-electron chi connectivity index (χ0n) is 11.4. The van der Waals surface area contributed by atoms with Crippen LogP contribution in [0.4, 0.5) is 0 Å². The molecule has 1 aromatic carbocycles. The highest BCUT2D eigenvalue weighted by Gasteiger charge is 2.26. The number of carboxylic acid groups (broad SMARTS) is 1. The second-order valence-corrected chi connectivity index (χ2v) is 5.33. The summed E-state index contributed by atoms with van der Waals surface area (Å²) in [6.07, 6.45) is 3.54. The number of rotatable bonds is 4. The lowest BCUT2D eigenvalue weighted by atomic mass is 10.0. The van der Waals surface area contributed by atoms with Crippen molar-refractivity contribution in [3.05, 3.63) is 30.1 Å². The molecule has 1 aromatic heterocycles. The smallest absolute Gasteiger partial charge is 0.304 e. The summed E-state index contributed by atoms with van der Waals surface area (Å²) in [5.74, 6) is 0.232. The Morgan fingerprint density at radius 2 is 2.25 bits per heavy atom. The Hall–Kier alpha value is -1.88. The van der Waals surface area contributed by atoms with Crippen molar-refractivity contribution in [3.8, 4) is 0 Å². The van der Waals surface area contributed by atoms with Crippen molar-refractivity contribution in [2.75, 3.05) is 13.1 Å². The first-order chi connectivity index (χ1) is 9.74. The zero-order chi connectivity index (χ0) is 13.9. The number of hydrogen-bond acceptors (Lipinski definition) is 3. The second kappa shape index (κ2) is 5.63. The van der Waals surface area contributed by atoms with Crippen molar-refractivity contribution in [1.82, 2.24) is 14.9 Å². The number of nitrogens with one attached hydrogen (secondary N) is 1. The van der Waals surface area contributed by atoms with E-state index in [9.17, 15) is 4.79 Å². The molecule has 0 radical (unpaired) electrons. The summed E-state index contributed by atoms with van der Waals surface area (Å²) in [7, 11) is 0. The minimum atomic E-state index is -0.737. The standard InChI is InChI=1S/C15H19N3O2/c19-14(20)8-10-18-9-4-3-7-13(18)15-16-11-5-1-2-6-12(11)17-15/h1-2,5-6,13H,3-4,7-10H2,(H,16,17)(H,19,20). The molecule has 1 atom stereocenters. The van der Waals surface area contributed by atoms with Crippen LogP contribution >= 0.6 is 0 Å². The SMILES string of the molecule is O=C(O)CCN1CCCCC1c1nc2ccccc2[nH]1. The Labute approximate surface area is 117 Å². The van der Waals surface area contributed by atoms with Crippen LogP contribution < -0.4 is 0 Å². The van der Waals surface area contributed by atoms with E-state index in [0.29, 0.717) is 6.54 Å². The fourth-order valence-corrected chi connectivity index (χ4v) is 2.94.